The molecule has 1 atom stereocenters. The van der Waals surface area contributed by atoms with E-state index in [0.717, 1.165) is 6.54 Å². The van der Waals surface area contributed by atoms with Gasteiger partial charge in [-0.05, 0) is 24.2 Å². The molecule has 0 aromatic carbocycles. The molecule has 1 amide bonds. The molecule has 0 aliphatic carbocycles. The Morgan fingerprint density at radius 3 is 1.82 bits per heavy atom. The van der Waals surface area contributed by atoms with Gasteiger partial charge >= 0.3 is 0 Å². The lowest BCUT2D eigenvalue weighted by molar-refractivity contribution is -0.136. The zero-order valence-corrected chi connectivity index (χ0v) is 13.0. The fourth-order valence-corrected chi connectivity index (χ4v) is 1.80. The molecule has 0 bridgehead atoms. The first-order valence-corrected chi connectivity index (χ1v) is 6.84. The summed E-state index contributed by atoms with van der Waals surface area (Å²) in [7, 11) is 0. The van der Waals surface area contributed by atoms with Crippen molar-refractivity contribution < 1.29 is 4.79 Å². The van der Waals surface area contributed by atoms with E-state index in [2.05, 4.69) is 60.3 Å². The SMILES string of the molecule is CC(C)CN(C(=O)CC(C)(C)C)C(C)C(C)C. The maximum atomic E-state index is 12.4. The number of amides is 1. The molecule has 0 fully saturated rings. The van der Waals surface area contributed by atoms with Crippen LogP contribution in [0.3, 0.4) is 0 Å². The first-order valence-electron chi connectivity index (χ1n) is 6.84. The number of rotatable bonds is 5. The number of hydrogen-bond donors (Lipinski definition) is 0. The quantitative estimate of drug-likeness (QED) is 0.713. The number of carbonyl (C=O) groups is 1. The molecule has 0 spiro atoms. The monoisotopic (exact) mass is 241 g/mol. The minimum absolute atomic E-state index is 0.0724. The highest BCUT2D eigenvalue weighted by Crippen LogP contribution is 2.22. The van der Waals surface area contributed by atoms with E-state index in [1.807, 2.05) is 0 Å². The van der Waals surface area contributed by atoms with Crippen LogP contribution < -0.4 is 0 Å². The van der Waals surface area contributed by atoms with Crippen molar-refractivity contribution in [3.8, 4) is 0 Å². The smallest absolute Gasteiger partial charge is 0.223 e. The molecule has 0 heterocycles. The molecule has 102 valence electrons. The second-order valence-electron chi connectivity index (χ2n) is 7.16. The average molecular weight is 241 g/mol. The Hall–Kier alpha value is -0.530. The molecule has 1 unspecified atom stereocenters. The molecule has 17 heavy (non-hydrogen) atoms. The zero-order chi connectivity index (χ0) is 13.8. The van der Waals surface area contributed by atoms with Crippen LogP contribution in [0.5, 0.6) is 0 Å². The van der Waals surface area contributed by atoms with Gasteiger partial charge in [-0.15, -0.1) is 0 Å². The van der Waals surface area contributed by atoms with Gasteiger partial charge in [0.25, 0.3) is 0 Å². The van der Waals surface area contributed by atoms with Gasteiger partial charge in [0.15, 0.2) is 0 Å². The first-order chi connectivity index (χ1) is 7.54. The highest BCUT2D eigenvalue weighted by atomic mass is 16.2. The summed E-state index contributed by atoms with van der Waals surface area (Å²) in [5.41, 5.74) is 0.0724. The van der Waals surface area contributed by atoms with Crippen molar-refractivity contribution in [3.05, 3.63) is 0 Å². The minimum Gasteiger partial charge on any atom is -0.339 e. The second kappa shape index (κ2) is 6.42. The summed E-state index contributed by atoms with van der Waals surface area (Å²) in [5, 5.41) is 0. The molecule has 0 aliphatic rings. The fourth-order valence-electron chi connectivity index (χ4n) is 1.80. The Bertz CT molecular complexity index is 238. The van der Waals surface area contributed by atoms with E-state index in [9.17, 15) is 4.79 Å². The normalized spacial score (nSPS) is 14.2. The van der Waals surface area contributed by atoms with Crippen molar-refractivity contribution in [1.82, 2.24) is 4.90 Å². The molecule has 0 aromatic rings. The van der Waals surface area contributed by atoms with E-state index in [1.54, 1.807) is 0 Å². The third-order valence-electron chi connectivity index (χ3n) is 3.02. The van der Waals surface area contributed by atoms with Crippen molar-refractivity contribution in [1.29, 1.82) is 0 Å². The maximum Gasteiger partial charge on any atom is 0.223 e. The second-order valence-corrected chi connectivity index (χ2v) is 7.16. The Kier molecular flexibility index (Phi) is 6.22. The van der Waals surface area contributed by atoms with Crippen LogP contribution in [0.2, 0.25) is 0 Å². The maximum absolute atomic E-state index is 12.4. The van der Waals surface area contributed by atoms with Crippen molar-refractivity contribution in [2.75, 3.05) is 6.54 Å². The zero-order valence-electron chi connectivity index (χ0n) is 13.0. The van der Waals surface area contributed by atoms with E-state index in [-0.39, 0.29) is 5.41 Å². The minimum atomic E-state index is 0.0724. The molecule has 0 radical (unpaired) electrons. The summed E-state index contributed by atoms with van der Waals surface area (Å²) in [4.78, 5) is 14.4. The molecular weight excluding hydrogens is 210 g/mol. The molecule has 0 aliphatic heterocycles. The lowest BCUT2D eigenvalue weighted by Crippen LogP contribution is -2.44. The summed E-state index contributed by atoms with van der Waals surface area (Å²) in [6, 6.07) is 0.326. The molecule has 0 rings (SSSR count). The van der Waals surface area contributed by atoms with Gasteiger partial charge in [-0.25, -0.2) is 0 Å². The third-order valence-corrected chi connectivity index (χ3v) is 3.02. The Morgan fingerprint density at radius 1 is 1.06 bits per heavy atom. The van der Waals surface area contributed by atoms with Crippen LogP contribution in [0, 0.1) is 17.3 Å². The number of nitrogens with zero attached hydrogens (tertiary/aromatic N) is 1. The van der Waals surface area contributed by atoms with Gasteiger partial charge < -0.3 is 4.90 Å². The molecule has 0 aromatic heterocycles. The molecule has 0 saturated heterocycles. The highest BCUT2D eigenvalue weighted by Gasteiger charge is 2.26. The van der Waals surface area contributed by atoms with Crippen molar-refractivity contribution in [2.45, 2.75) is 67.9 Å². The van der Waals surface area contributed by atoms with Crippen LogP contribution in [0.1, 0.15) is 61.8 Å². The van der Waals surface area contributed by atoms with Gasteiger partial charge in [0.2, 0.25) is 5.91 Å². The Balaban J connectivity index is 4.74. The van der Waals surface area contributed by atoms with Crippen LogP contribution in [0.4, 0.5) is 0 Å². The van der Waals surface area contributed by atoms with Crippen molar-refractivity contribution in [2.24, 2.45) is 17.3 Å². The summed E-state index contributed by atoms with van der Waals surface area (Å²) in [5.74, 6) is 1.34. The van der Waals surface area contributed by atoms with Gasteiger partial charge in [0.1, 0.15) is 0 Å². The molecule has 0 saturated carbocycles. The number of carbonyl (C=O) groups excluding carboxylic acids is 1. The molecule has 0 N–H and O–H groups in total. The van der Waals surface area contributed by atoms with Crippen molar-refractivity contribution in [3.63, 3.8) is 0 Å². The highest BCUT2D eigenvalue weighted by molar-refractivity contribution is 5.77. The van der Waals surface area contributed by atoms with Crippen LogP contribution in [0.15, 0.2) is 0 Å². The lowest BCUT2D eigenvalue weighted by atomic mass is 9.90. The predicted molar refractivity (Wildman–Crippen MR) is 74.9 cm³/mol. The van der Waals surface area contributed by atoms with Crippen LogP contribution >= 0.6 is 0 Å². The van der Waals surface area contributed by atoms with Gasteiger partial charge in [-0.1, -0.05) is 48.5 Å². The predicted octanol–water partition coefficient (Wildman–Crippen LogP) is 3.95. The van der Waals surface area contributed by atoms with Crippen LogP contribution in [0.25, 0.3) is 0 Å². The summed E-state index contributed by atoms with van der Waals surface area (Å²) in [6.07, 6.45) is 0.636. The fraction of sp³-hybridized carbons (Fsp3) is 0.933. The van der Waals surface area contributed by atoms with E-state index in [1.165, 1.54) is 0 Å². The van der Waals surface area contributed by atoms with Crippen molar-refractivity contribution >= 4 is 5.91 Å². The largest absolute Gasteiger partial charge is 0.339 e. The van der Waals surface area contributed by atoms with Crippen LogP contribution in [-0.2, 0) is 4.79 Å². The molecule has 2 nitrogen and oxygen atoms in total. The molecular formula is C15H31NO. The summed E-state index contributed by atoms with van der Waals surface area (Å²) >= 11 is 0. The van der Waals surface area contributed by atoms with E-state index in [4.69, 9.17) is 0 Å². The lowest BCUT2D eigenvalue weighted by Gasteiger charge is -2.35. The Morgan fingerprint density at radius 2 is 1.53 bits per heavy atom. The average Bonchev–Trinajstić information content (AvgIpc) is 2.09. The van der Waals surface area contributed by atoms with E-state index < -0.39 is 0 Å². The molecule has 2 heteroatoms. The summed E-state index contributed by atoms with van der Waals surface area (Å²) < 4.78 is 0. The number of hydrogen-bond acceptors (Lipinski definition) is 1. The Labute approximate surface area is 108 Å². The van der Waals surface area contributed by atoms with Gasteiger partial charge in [-0.2, -0.15) is 0 Å². The summed E-state index contributed by atoms with van der Waals surface area (Å²) in [6.45, 7) is 18.1. The van der Waals surface area contributed by atoms with E-state index >= 15 is 0 Å². The van der Waals surface area contributed by atoms with E-state index in [0.29, 0.717) is 30.2 Å². The van der Waals surface area contributed by atoms with Gasteiger partial charge in [0, 0.05) is 19.0 Å². The third kappa shape index (κ3) is 6.70. The van der Waals surface area contributed by atoms with Gasteiger partial charge in [-0.3, -0.25) is 4.79 Å². The standard InChI is InChI=1S/C15H31NO/c1-11(2)10-16(13(5)12(3)4)14(17)9-15(6,7)8/h11-13H,9-10H2,1-8H3. The van der Waals surface area contributed by atoms with Gasteiger partial charge in [0.05, 0.1) is 0 Å². The topological polar surface area (TPSA) is 20.3 Å². The van der Waals surface area contributed by atoms with Crippen LogP contribution in [-0.4, -0.2) is 23.4 Å². The first kappa shape index (κ1) is 16.5.